The number of H-pyrrole nitrogens is 1. The number of fused-ring (bicyclic) bond motifs is 1. The molecule has 0 spiro atoms. The third kappa shape index (κ3) is 3.82. The normalized spacial score (nSPS) is 15.9. The molecule has 2 heterocycles. The fourth-order valence-electron chi connectivity index (χ4n) is 2.95. The predicted octanol–water partition coefficient (Wildman–Crippen LogP) is 3.11. The second-order valence-corrected chi connectivity index (χ2v) is 6.44. The Balaban J connectivity index is 1.76. The molecule has 5 heteroatoms. The van der Waals surface area contributed by atoms with Gasteiger partial charge in [0.15, 0.2) is 0 Å². The van der Waals surface area contributed by atoms with Crippen LogP contribution in [-0.2, 0) is 6.54 Å². The first-order valence-corrected chi connectivity index (χ1v) is 8.39. The Morgan fingerprint density at radius 1 is 1.32 bits per heavy atom. The highest BCUT2D eigenvalue weighted by molar-refractivity contribution is 5.95. The van der Waals surface area contributed by atoms with Crippen LogP contribution >= 0.6 is 0 Å². The SMILES string of the molecule is Cc1cc(C)c(CNC(=O)c2ccc3c(c2)C=CCC(C)O3)c(=O)[nH]1. The Morgan fingerprint density at radius 2 is 2.12 bits per heavy atom. The molecule has 2 N–H and O–H groups in total. The van der Waals surface area contributed by atoms with Crippen molar-refractivity contribution in [1.29, 1.82) is 0 Å². The van der Waals surface area contributed by atoms with Crippen LogP contribution in [0.1, 0.15) is 46.1 Å². The number of nitrogens with one attached hydrogen (secondary N) is 2. The van der Waals surface area contributed by atoms with Crippen molar-refractivity contribution in [3.05, 3.63) is 68.6 Å². The number of aryl methyl sites for hydroxylation is 2. The molecule has 0 saturated heterocycles. The maximum absolute atomic E-state index is 12.5. The minimum atomic E-state index is -0.215. The number of hydrogen-bond acceptors (Lipinski definition) is 3. The average molecular weight is 338 g/mol. The van der Waals surface area contributed by atoms with Crippen molar-refractivity contribution in [2.45, 2.75) is 39.8 Å². The molecule has 0 aliphatic carbocycles. The van der Waals surface area contributed by atoms with Gasteiger partial charge in [-0.2, -0.15) is 0 Å². The second kappa shape index (κ2) is 6.97. The highest BCUT2D eigenvalue weighted by Crippen LogP contribution is 2.26. The first-order valence-electron chi connectivity index (χ1n) is 8.39. The van der Waals surface area contributed by atoms with E-state index in [0.29, 0.717) is 11.1 Å². The van der Waals surface area contributed by atoms with Crippen molar-refractivity contribution in [2.75, 3.05) is 0 Å². The van der Waals surface area contributed by atoms with Gasteiger partial charge in [-0.05, 0) is 50.6 Å². The quantitative estimate of drug-likeness (QED) is 0.903. The predicted molar refractivity (Wildman–Crippen MR) is 97.9 cm³/mol. The largest absolute Gasteiger partial charge is 0.490 e. The summed E-state index contributed by atoms with van der Waals surface area (Å²) in [4.78, 5) is 27.3. The smallest absolute Gasteiger partial charge is 0.253 e. The second-order valence-electron chi connectivity index (χ2n) is 6.44. The zero-order valence-corrected chi connectivity index (χ0v) is 14.7. The van der Waals surface area contributed by atoms with E-state index in [2.05, 4.69) is 10.3 Å². The summed E-state index contributed by atoms with van der Waals surface area (Å²) < 4.78 is 5.82. The maximum Gasteiger partial charge on any atom is 0.253 e. The minimum absolute atomic E-state index is 0.119. The van der Waals surface area contributed by atoms with E-state index in [9.17, 15) is 9.59 Å². The van der Waals surface area contributed by atoms with E-state index in [4.69, 9.17) is 4.74 Å². The number of aromatic nitrogens is 1. The third-order valence-electron chi connectivity index (χ3n) is 4.29. The van der Waals surface area contributed by atoms with Crippen molar-refractivity contribution >= 4 is 12.0 Å². The number of rotatable bonds is 3. The van der Waals surface area contributed by atoms with Gasteiger partial charge in [0.05, 0.1) is 6.10 Å². The van der Waals surface area contributed by atoms with Gasteiger partial charge in [-0.3, -0.25) is 9.59 Å². The highest BCUT2D eigenvalue weighted by atomic mass is 16.5. The van der Waals surface area contributed by atoms with E-state index in [1.54, 1.807) is 6.07 Å². The molecule has 2 aromatic rings. The van der Waals surface area contributed by atoms with Crippen LogP contribution < -0.4 is 15.6 Å². The van der Waals surface area contributed by atoms with E-state index in [-0.39, 0.29) is 24.1 Å². The van der Waals surface area contributed by atoms with Gasteiger partial charge in [-0.15, -0.1) is 0 Å². The molecule has 0 bridgehead atoms. The van der Waals surface area contributed by atoms with Crippen LogP contribution in [-0.4, -0.2) is 17.0 Å². The Labute approximate surface area is 146 Å². The van der Waals surface area contributed by atoms with E-state index in [0.717, 1.165) is 29.0 Å². The molecular weight excluding hydrogens is 316 g/mol. The van der Waals surface area contributed by atoms with E-state index < -0.39 is 0 Å². The maximum atomic E-state index is 12.5. The van der Waals surface area contributed by atoms with Gasteiger partial charge in [-0.25, -0.2) is 0 Å². The van der Waals surface area contributed by atoms with Gasteiger partial charge in [0.25, 0.3) is 11.5 Å². The number of amides is 1. The first-order chi connectivity index (χ1) is 11.9. The van der Waals surface area contributed by atoms with Gasteiger partial charge < -0.3 is 15.0 Å². The lowest BCUT2D eigenvalue weighted by molar-refractivity contribution is 0.0950. The molecule has 1 amide bonds. The van der Waals surface area contributed by atoms with Crippen LogP contribution in [0, 0.1) is 13.8 Å². The number of carbonyl (C=O) groups is 1. The van der Waals surface area contributed by atoms with Crippen molar-refractivity contribution < 1.29 is 9.53 Å². The summed E-state index contributed by atoms with van der Waals surface area (Å²) in [5.74, 6) is 0.566. The van der Waals surface area contributed by atoms with E-state index in [1.807, 2.05) is 51.1 Å². The number of benzene rings is 1. The molecule has 1 aromatic carbocycles. The van der Waals surface area contributed by atoms with Crippen molar-refractivity contribution in [1.82, 2.24) is 10.3 Å². The van der Waals surface area contributed by atoms with E-state index >= 15 is 0 Å². The molecule has 1 aliphatic rings. The van der Waals surface area contributed by atoms with Gasteiger partial charge in [-0.1, -0.05) is 12.2 Å². The van der Waals surface area contributed by atoms with Crippen molar-refractivity contribution in [2.24, 2.45) is 0 Å². The zero-order chi connectivity index (χ0) is 18.0. The van der Waals surface area contributed by atoms with Crippen LogP contribution in [0.25, 0.3) is 6.08 Å². The topological polar surface area (TPSA) is 71.2 Å². The van der Waals surface area contributed by atoms with Crippen LogP contribution in [0.15, 0.2) is 35.1 Å². The zero-order valence-electron chi connectivity index (χ0n) is 14.7. The molecule has 3 rings (SSSR count). The lowest BCUT2D eigenvalue weighted by Crippen LogP contribution is -2.28. The molecular formula is C20H22N2O3. The van der Waals surface area contributed by atoms with Crippen molar-refractivity contribution in [3.8, 4) is 5.75 Å². The Kier molecular flexibility index (Phi) is 4.74. The fraction of sp³-hybridized carbons (Fsp3) is 0.300. The first kappa shape index (κ1) is 17.0. The summed E-state index contributed by atoms with van der Waals surface area (Å²) in [6, 6.07) is 7.27. The molecule has 1 unspecified atom stereocenters. The van der Waals surface area contributed by atoms with Gasteiger partial charge in [0, 0.05) is 35.3 Å². The molecule has 1 atom stereocenters. The molecule has 5 nitrogen and oxygen atoms in total. The standard InChI is InChI=1S/C20H22N2O3/c1-12-9-13(2)22-20(24)17(12)11-21-19(23)16-7-8-18-15(10-16)6-4-5-14(3)25-18/h4,6-10,14H,5,11H2,1-3H3,(H,21,23)(H,22,24). The van der Waals surface area contributed by atoms with Gasteiger partial charge in [0.1, 0.15) is 5.75 Å². The monoisotopic (exact) mass is 338 g/mol. The van der Waals surface area contributed by atoms with Gasteiger partial charge >= 0.3 is 0 Å². The minimum Gasteiger partial charge on any atom is -0.490 e. The Morgan fingerprint density at radius 3 is 2.88 bits per heavy atom. The summed E-state index contributed by atoms with van der Waals surface area (Å²) in [6.45, 7) is 5.92. The van der Waals surface area contributed by atoms with E-state index in [1.165, 1.54) is 0 Å². The Hall–Kier alpha value is -2.82. The van der Waals surface area contributed by atoms with Crippen LogP contribution in [0.3, 0.4) is 0 Å². The van der Waals surface area contributed by atoms with Gasteiger partial charge in [0.2, 0.25) is 0 Å². The number of carbonyl (C=O) groups excluding carboxylic acids is 1. The average Bonchev–Trinajstić information content (AvgIpc) is 2.73. The molecule has 130 valence electrons. The number of pyridine rings is 1. The van der Waals surface area contributed by atoms with Crippen molar-refractivity contribution in [3.63, 3.8) is 0 Å². The highest BCUT2D eigenvalue weighted by Gasteiger charge is 2.14. The molecule has 0 radical (unpaired) electrons. The molecule has 0 saturated carbocycles. The summed E-state index contributed by atoms with van der Waals surface area (Å²) >= 11 is 0. The molecule has 1 aliphatic heterocycles. The van der Waals surface area contributed by atoms with Crippen LogP contribution in [0.2, 0.25) is 0 Å². The molecule has 25 heavy (non-hydrogen) atoms. The summed E-state index contributed by atoms with van der Waals surface area (Å²) in [6.07, 6.45) is 4.98. The molecule has 0 fully saturated rings. The number of ether oxygens (including phenoxy) is 1. The number of aromatic amines is 1. The Bertz CT molecular complexity index is 896. The molecule has 1 aromatic heterocycles. The summed E-state index contributed by atoms with van der Waals surface area (Å²) in [7, 11) is 0. The summed E-state index contributed by atoms with van der Waals surface area (Å²) in [5.41, 5.74) is 3.53. The van der Waals surface area contributed by atoms with Crippen LogP contribution in [0.4, 0.5) is 0 Å². The van der Waals surface area contributed by atoms with Crippen LogP contribution in [0.5, 0.6) is 5.75 Å². The lowest BCUT2D eigenvalue weighted by atomic mass is 10.1. The lowest BCUT2D eigenvalue weighted by Gasteiger charge is -2.13. The third-order valence-corrected chi connectivity index (χ3v) is 4.29. The summed E-state index contributed by atoms with van der Waals surface area (Å²) in [5, 5.41) is 2.82. The fourth-order valence-corrected chi connectivity index (χ4v) is 2.95. The number of hydrogen-bond donors (Lipinski definition) is 2.